The third kappa shape index (κ3) is 2.18. The van der Waals surface area contributed by atoms with Crippen LogP contribution >= 0.6 is 11.3 Å². The molecule has 2 heterocycles. The second-order valence-electron chi connectivity index (χ2n) is 6.57. The van der Waals surface area contributed by atoms with Crippen molar-refractivity contribution in [1.29, 1.82) is 0 Å². The molecule has 3 aliphatic rings. The lowest BCUT2D eigenvalue weighted by Crippen LogP contribution is -2.69. The van der Waals surface area contributed by atoms with Crippen molar-refractivity contribution in [3.8, 4) is 0 Å². The summed E-state index contributed by atoms with van der Waals surface area (Å²) in [5.74, 6) is 0.605. The number of carbonyl (C=O) groups excluding carboxylic acids is 2. The minimum Gasteiger partial charge on any atom is -0.340 e. The number of amides is 2. The zero-order chi connectivity index (χ0) is 14.4. The van der Waals surface area contributed by atoms with Crippen molar-refractivity contribution in [1.82, 2.24) is 10.2 Å². The Bertz CT molecular complexity index is 559. The van der Waals surface area contributed by atoms with Gasteiger partial charge in [-0.25, -0.2) is 0 Å². The maximum absolute atomic E-state index is 13.1. The zero-order valence-corrected chi connectivity index (χ0v) is 12.8. The monoisotopic (exact) mass is 304 g/mol. The minimum absolute atomic E-state index is 0.0792. The van der Waals surface area contributed by atoms with Crippen LogP contribution in [0.2, 0.25) is 0 Å². The van der Waals surface area contributed by atoms with Gasteiger partial charge < -0.3 is 10.2 Å². The predicted octanol–water partition coefficient (Wildman–Crippen LogP) is 2.30. The van der Waals surface area contributed by atoms with Crippen molar-refractivity contribution in [2.24, 2.45) is 5.92 Å². The Hall–Kier alpha value is -1.36. The Kier molecular flexibility index (Phi) is 3.06. The van der Waals surface area contributed by atoms with Crippen LogP contribution in [0.4, 0.5) is 0 Å². The summed E-state index contributed by atoms with van der Waals surface area (Å²) in [6.07, 6.45) is 5.81. The number of nitrogens with zero attached hydrogens (tertiary/aromatic N) is 1. The van der Waals surface area contributed by atoms with Gasteiger partial charge in [-0.15, -0.1) is 11.3 Å². The molecule has 0 aromatic carbocycles. The topological polar surface area (TPSA) is 49.4 Å². The van der Waals surface area contributed by atoms with Crippen LogP contribution in [-0.4, -0.2) is 28.3 Å². The Labute approximate surface area is 128 Å². The summed E-state index contributed by atoms with van der Waals surface area (Å²) < 4.78 is 0. The lowest BCUT2D eigenvalue weighted by molar-refractivity contribution is -0.156. The molecule has 4 rings (SSSR count). The first-order chi connectivity index (χ1) is 10.2. The van der Waals surface area contributed by atoms with E-state index in [0.717, 1.165) is 43.4 Å². The smallest absolute Gasteiger partial charge is 0.249 e. The van der Waals surface area contributed by atoms with Gasteiger partial charge in [-0.3, -0.25) is 9.59 Å². The molecule has 1 unspecified atom stereocenters. The molecule has 112 valence electrons. The standard InChI is InChI=1S/C16H20N2O2S/c19-14-13(11-5-6-11)18(10-12-4-3-9-21-12)15(20)16(17-14)7-1-2-8-16/h3-4,9,11,13H,1-2,5-8,10H2,(H,17,19). The molecule has 3 fully saturated rings. The molecule has 1 N–H and O–H groups in total. The summed E-state index contributed by atoms with van der Waals surface area (Å²) in [6, 6.07) is 3.81. The maximum atomic E-state index is 13.1. The van der Waals surface area contributed by atoms with Crippen LogP contribution in [0.15, 0.2) is 17.5 Å². The molecule has 1 aromatic rings. The second-order valence-corrected chi connectivity index (χ2v) is 7.61. The van der Waals surface area contributed by atoms with Crippen LogP contribution in [0.25, 0.3) is 0 Å². The van der Waals surface area contributed by atoms with Gasteiger partial charge in [0.05, 0.1) is 6.54 Å². The Morgan fingerprint density at radius 2 is 2.05 bits per heavy atom. The van der Waals surface area contributed by atoms with Crippen LogP contribution in [0, 0.1) is 5.92 Å². The van der Waals surface area contributed by atoms with E-state index in [-0.39, 0.29) is 17.9 Å². The number of hydrogen-bond acceptors (Lipinski definition) is 3. The molecular weight excluding hydrogens is 284 g/mol. The SMILES string of the molecule is O=C1NC2(CCCC2)C(=O)N(Cc2cccs2)C1C1CC1. The molecule has 2 saturated carbocycles. The number of piperazine rings is 1. The van der Waals surface area contributed by atoms with Gasteiger partial charge in [0, 0.05) is 4.88 Å². The summed E-state index contributed by atoms with van der Waals surface area (Å²) in [5.41, 5.74) is -0.597. The predicted molar refractivity (Wildman–Crippen MR) is 80.7 cm³/mol. The molecular formula is C16H20N2O2S. The summed E-state index contributed by atoms with van der Waals surface area (Å²) >= 11 is 1.66. The third-order valence-corrected chi connectivity index (χ3v) is 5.93. The molecule has 0 radical (unpaired) electrons. The van der Waals surface area contributed by atoms with Gasteiger partial charge in [-0.2, -0.15) is 0 Å². The molecule has 5 heteroatoms. The highest BCUT2D eigenvalue weighted by Crippen LogP contribution is 2.42. The van der Waals surface area contributed by atoms with Crippen molar-refractivity contribution in [2.45, 2.75) is 56.7 Å². The fourth-order valence-corrected chi connectivity index (χ4v) is 4.55. The average Bonchev–Trinajstić information content (AvgIpc) is 2.98. The molecule has 1 atom stereocenters. The van der Waals surface area contributed by atoms with E-state index in [9.17, 15) is 9.59 Å². The van der Waals surface area contributed by atoms with Crippen molar-refractivity contribution in [3.63, 3.8) is 0 Å². The van der Waals surface area contributed by atoms with Crippen molar-refractivity contribution in [2.75, 3.05) is 0 Å². The van der Waals surface area contributed by atoms with E-state index in [1.165, 1.54) is 0 Å². The van der Waals surface area contributed by atoms with Crippen LogP contribution in [0.5, 0.6) is 0 Å². The molecule has 0 bridgehead atoms. The Balaban J connectivity index is 1.66. The van der Waals surface area contributed by atoms with Gasteiger partial charge in [0.2, 0.25) is 11.8 Å². The van der Waals surface area contributed by atoms with Crippen molar-refractivity contribution < 1.29 is 9.59 Å². The maximum Gasteiger partial charge on any atom is 0.249 e. The summed E-state index contributed by atoms with van der Waals surface area (Å²) in [7, 11) is 0. The third-order valence-electron chi connectivity index (χ3n) is 5.07. The molecule has 2 aliphatic carbocycles. The normalized spacial score (nSPS) is 28.2. The largest absolute Gasteiger partial charge is 0.340 e. The molecule has 4 nitrogen and oxygen atoms in total. The number of thiophene rings is 1. The van der Waals surface area contributed by atoms with Crippen LogP contribution in [0.1, 0.15) is 43.4 Å². The first-order valence-corrected chi connectivity index (χ1v) is 8.73. The summed E-state index contributed by atoms with van der Waals surface area (Å²) in [6.45, 7) is 0.590. The molecule has 1 saturated heterocycles. The quantitative estimate of drug-likeness (QED) is 0.931. The van der Waals surface area contributed by atoms with Gasteiger partial charge in [-0.05, 0) is 43.0 Å². The second kappa shape index (κ2) is 4.83. The Morgan fingerprint density at radius 1 is 1.29 bits per heavy atom. The molecule has 1 aliphatic heterocycles. The first kappa shape index (κ1) is 13.3. The van der Waals surface area contributed by atoms with E-state index in [0.29, 0.717) is 12.5 Å². The fourth-order valence-electron chi connectivity index (χ4n) is 3.84. The van der Waals surface area contributed by atoms with Crippen molar-refractivity contribution in [3.05, 3.63) is 22.4 Å². The number of hydrogen-bond donors (Lipinski definition) is 1. The lowest BCUT2D eigenvalue weighted by Gasteiger charge is -2.44. The highest BCUT2D eigenvalue weighted by Gasteiger charge is 2.55. The number of carbonyl (C=O) groups is 2. The molecule has 21 heavy (non-hydrogen) atoms. The van der Waals surface area contributed by atoms with Gasteiger partial charge in [0.25, 0.3) is 0 Å². The van der Waals surface area contributed by atoms with Gasteiger partial charge in [-0.1, -0.05) is 18.9 Å². The average molecular weight is 304 g/mol. The van der Waals surface area contributed by atoms with Crippen LogP contribution in [-0.2, 0) is 16.1 Å². The fraction of sp³-hybridized carbons (Fsp3) is 0.625. The van der Waals surface area contributed by atoms with Crippen molar-refractivity contribution >= 4 is 23.2 Å². The van der Waals surface area contributed by atoms with Gasteiger partial charge in [0.15, 0.2) is 0 Å². The molecule has 1 spiro atoms. The van der Waals surface area contributed by atoms with Crippen LogP contribution in [0.3, 0.4) is 0 Å². The Morgan fingerprint density at radius 3 is 2.67 bits per heavy atom. The van der Waals surface area contributed by atoms with E-state index in [4.69, 9.17) is 0 Å². The van der Waals surface area contributed by atoms with E-state index < -0.39 is 5.54 Å². The van der Waals surface area contributed by atoms with E-state index in [2.05, 4.69) is 11.4 Å². The van der Waals surface area contributed by atoms with E-state index in [1.807, 2.05) is 16.3 Å². The van der Waals surface area contributed by atoms with Gasteiger partial charge in [0.1, 0.15) is 11.6 Å². The minimum atomic E-state index is -0.597. The first-order valence-electron chi connectivity index (χ1n) is 7.85. The molecule has 1 aromatic heterocycles. The highest BCUT2D eigenvalue weighted by atomic mass is 32.1. The van der Waals surface area contributed by atoms with E-state index >= 15 is 0 Å². The zero-order valence-electron chi connectivity index (χ0n) is 12.0. The number of nitrogens with one attached hydrogen (secondary N) is 1. The summed E-state index contributed by atoms with van der Waals surface area (Å²) in [4.78, 5) is 28.7. The lowest BCUT2D eigenvalue weighted by atomic mass is 9.89. The van der Waals surface area contributed by atoms with E-state index in [1.54, 1.807) is 11.3 Å². The summed E-state index contributed by atoms with van der Waals surface area (Å²) in [5, 5.41) is 5.12. The molecule has 2 amide bonds. The highest BCUT2D eigenvalue weighted by molar-refractivity contribution is 7.09. The van der Waals surface area contributed by atoms with Crippen LogP contribution < -0.4 is 5.32 Å². The van der Waals surface area contributed by atoms with Gasteiger partial charge >= 0.3 is 0 Å². The number of rotatable bonds is 3.